The molecule has 1 aromatic heterocycles. The predicted octanol–water partition coefficient (Wildman–Crippen LogP) is 7.36. The van der Waals surface area contributed by atoms with Crippen LogP contribution in [0.2, 0.25) is 0 Å². The third kappa shape index (κ3) is 6.01. The van der Waals surface area contributed by atoms with E-state index in [0.717, 1.165) is 22.4 Å². The molecule has 2 aliphatic rings. The molecule has 0 aliphatic carbocycles. The fourth-order valence-electron chi connectivity index (χ4n) is 5.63. The monoisotopic (exact) mass is 647 g/mol. The summed E-state index contributed by atoms with van der Waals surface area (Å²) in [5.74, 6) is 0.258. The summed E-state index contributed by atoms with van der Waals surface area (Å²) in [4.78, 5) is 28.8. The van der Waals surface area contributed by atoms with E-state index in [9.17, 15) is 14.7 Å². The number of aliphatic hydroxyl groups excluding tert-OH is 1. The number of anilines is 1. The van der Waals surface area contributed by atoms with Crippen molar-refractivity contribution in [1.82, 2.24) is 10.2 Å². The van der Waals surface area contributed by atoms with Gasteiger partial charge in [0.2, 0.25) is 5.13 Å². The van der Waals surface area contributed by atoms with Crippen molar-refractivity contribution in [3.63, 3.8) is 0 Å². The highest BCUT2D eigenvalue weighted by Crippen LogP contribution is 2.45. The summed E-state index contributed by atoms with van der Waals surface area (Å²) in [5, 5.41) is 20.6. The highest BCUT2D eigenvalue weighted by Gasteiger charge is 2.48. The first kappa shape index (κ1) is 29.8. The number of ether oxygens (including phenoxy) is 2. The van der Waals surface area contributed by atoms with E-state index in [2.05, 4.69) is 10.2 Å². The van der Waals surface area contributed by atoms with Crippen LogP contribution in [-0.4, -0.2) is 33.1 Å². The van der Waals surface area contributed by atoms with Crippen LogP contribution < -0.4 is 14.4 Å². The van der Waals surface area contributed by atoms with Crippen molar-refractivity contribution in [2.45, 2.75) is 42.2 Å². The number of Topliss-reactive ketones (excluding diaryl/α,β-unsaturated/α-hetero) is 1. The molecular weight excluding hydrogens is 619 g/mol. The van der Waals surface area contributed by atoms with Gasteiger partial charge in [0.15, 0.2) is 4.34 Å². The molecule has 2 atom stereocenters. The normalized spacial score (nSPS) is 18.4. The van der Waals surface area contributed by atoms with Gasteiger partial charge in [0.05, 0.1) is 11.6 Å². The predicted molar refractivity (Wildman–Crippen MR) is 178 cm³/mol. The first-order valence-corrected chi connectivity index (χ1v) is 16.6. The van der Waals surface area contributed by atoms with Gasteiger partial charge in [-0.3, -0.25) is 14.5 Å². The molecule has 7 rings (SSSR count). The zero-order valence-electron chi connectivity index (χ0n) is 24.8. The molecule has 0 spiro atoms. The number of benzene rings is 4. The summed E-state index contributed by atoms with van der Waals surface area (Å²) in [6, 6.07) is 31.4. The lowest BCUT2D eigenvalue weighted by atomic mass is 9.94. The Balaban J connectivity index is 1.23. The van der Waals surface area contributed by atoms with Gasteiger partial charge in [-0.25, -0.2) is 0 Å². The number of amides is 1. The Morgan fingerprint density at radius 1 is 0.957 bits per heavy atom. The molecule has 0 bridgehead atoms. The largest absolute Gasteiger partial charge is 0.507 e. The van der Waals surface area contributed by atoms with Gasteiger partial charge in [0.25, 0.3) is 5.78 Å². The zero-order valence-corrected chi connectivity index (χ0v) is 26.5. The first-order chi connectivity index (χ1) is 22.4. The lowest BCUT2D eigenvalue weighted by Crippen LogP contribution is -2.29. The van der Waals surface area contributed by atoms with Gasteiger partial charge in [0, 0.05) is 17.7 Å². The highest BCUT2D eigenvalue weighted by molar-refractivity contribution is 8.00. The molecule has 1 amide bonds. The molecule has 46 heavy (non-hydrogen) atoms. The number of hydrogen-bond acceptors (Lipinski definition) is 9. The minimum Gasteiger partial charge on any atom is -0.507 e. The maximum atomic E-state index is 13.7. The second-order valence-electron chi connectivity index (χ2n) is 11.1. The van der Waals surface area contributed by atoms with E-state index in [1.807, 2.05) is 85.8 Å². The van der Waals surface area contributed by atoms with Crippen LogP contribution in [0.15, 0.2) is 113 Å². The topological polar surface area (TPSA) is 102 Å². The fraction of sp³-hybridized carbons (Fsp3) is 0.167. The standard InChI is InChI=1S/C36H29N3O5S2/c1-22-18-27-19-26(14-17-29(27)44-22)32(40)30-31(25-12-15-28(16-13-25)43-20-23-8-4-2-5-9-23)39(34(42)33(30)41)35-37-38-36(46-35)45-21-24-10-6-3-7-11-24/h2-17,19,22,31,40H,18,20-21H2,1H3/b32-30+. The smallest absolute Gasteiger partial charge is 0.301 e. The van der Waals surface area contributed by atoms with Crippen LogP contribution in [0.5, 0.6) is 11.5 Å². The molecule has 230 valence electrons. The van der Waals surface area contributed by atoms with Crippen molar-refractivity contribution in [2.75, 3.05) is 4.90 Å². The lowest BCUT2D eigenvalue weighted by Gasteiger charge is -2.22. The van der Waals surface area contributed by atoms with E-state index in [1.54, 1.807) is 24.3 Å². The molecule has 1 saturated heterocycles. The summed E-state index contributed by atoms with van der Waals surface area (Å²) >= 11 is 2.74. The van der Waals surface area contributed by atoms with Crippen LogP contribution in [-0.2, 0) is 28.4 Å². The van der Waals surface area contributed by atoms with E-state index in [0.29, 0.717) is 40.0 Å². The van der Waals surface area contributed by atoms with E-state index in [4.69, 9.17) is 9.47 Å². The lowest BCUT2D eigenvalue weighted by molar-refractivity contribution is -0.132. The van der Waals surface area contributed by atoms with Crippen molar-refractivity contribution in [2.24, 2.45) is 0 Å². The second-order valence-corrected chi connectivity index (χ2v) is 13.3. The molecule has 8 nitrogen and oxygen atoms in total. The number of aliphatic hydroxyl groups is 1. The summed E-state index contributed by atoms with van der Waals surface area (Å²) in [6.45, 7) is 2.38. The molecule has 2 aliphatic heterocycles. The van der Waals surface area contributed by atoms with Crippen LogP contribution in [0.1, 0.15) is 40.8 Å². The number of fused-ring (bicyclic) bond motifs is 1. The van der Waals surface area contributed by atoms with Gasteiger partial charge < -0.3 is 14.6 Å². The third-order valence-electron chi connectivity index (χ3n) is 7.87. The van der Waals surface area contributed by atoms with Crippen LogP contribution >= 0.6 is 23.1 Å². The number of carbonyl (C=O) groups is 2. The Morgan fingerprint density at radius 2 is 1.67 bits per heavy atom. The van der Waals surface area contributed by atoms with Gasteiger partial charge in [-0.1, -0.05) is 95.9 Å². The van der Waals surface area contributed by atoms with Crippen molar-refractivity contribution < 1.29 is 24.2 Å². The number of rotatable bonds is 9. The summed E-state index contributed by atoms with van der Waals surface area (Å²) in [5.41, 5.74) is 4.16. The van der Waals surface area contributed by atoms with Crippen molar-refractivity contribution >= 4 is 45.7 Å². The van der Waals surface area contributed by atoms with Crippen LogP contribution in [0.3, 0.4) is 0 Å². The number of aromatic nitrogens is 2. The Kier molecular flexibility index (Phi) is 8.30. The quantitative estimate of drug-likeness (QED) is 0.0582. The average Bonchev–Trinajstić information content (AvgIpc) is 3.78. The van der Waals surface area contributed by atoms with Gasteiger partial charge in [-0.2, -0.15) is 0 Å². The van der Waals surface area contributed by atoms with Gasteiger partial charge >= 0.3 is 5.91 Å². The Morgan fingerprint density at radius 3 is 2.41 bits per heavy atom. The van der Waals surface area contributed by atoms with Crippen molar-refractivity contribution in [3.05, 3.63) is 137 Å². The van der Waals surface area contributed by atoms with Crippen molar-refractivity contribution in [3.8, 4) is 11.5 Å². The fourth-order valence-corrected chi connectivity index (χ4v) is 7.46. The van der Waals surface area contributed by atoms with Gasteiger partial charge in [0.1, 0.15) is 30.0 Å². The molecule has 4 aromatic carbocycles. The van der Waals surface area contributed by atoms with Crippen LogP contribution in [0.4, 0.5) is 5.13 Å². The number of ketones is 1. The maximum absolute atomic E-state index is 13.7. The minimum atomic E-state index is -0.925. The van der Waals surface area contributed by atoms with Crippen LogP contribution in [0.25, 0.3) is 5.76 Å². The number of thioether (sulfide) groups is 1. The summed E-state index contributed by atoms with van der Waals surface area (Å²) < 4.78 is 12.5. The Bertz CT molecular complexity index is 1930. The van der Waals surface area contributed by atoms with Gasteiger partial charge in [-0.15, -0.1) is 10.2 Å². The number of carbonyl (C=O) groups excluding carboxylic acids is 2. The molecular formula is C36H29N3O5S2. The molecule has 3 heterocycles. The molecule has 0 saturated carbocycles. The highest BCUT2D eigenvalue weighted by atomic mass is 32.2. The zero-order chi connectivity index (χ0) is 31.6. The molecule has 1 N–H and O–H groups in total. The van der Waals surface area contributed by atoms with Crippen molar-refractivity contribution in [1.29, 1.82) is 0 Å². The van der Waals surface area contributed by atoms with E-state index >= 15 is 0 Å². The summed E-state index contributed by atoms with van der Waals surface area (Å²) in [7, 11) is 0. The summed E-state index contributed by atoms with van der Waals surface area (Å²) in [6.07, 6.45) is 0.708. The molecule has 10 heteroatoms. The van der Waals surface area contributed by atoms with E-state index in [1.165, 1.54) is 28.0 Å². The third-order valence-corrected chi connectivity index (χ3v) is 9.99. The Labute approximate surface area is 274 Å². The molecule has 0 radical (unpaired) electrons. The molecule has 1 fully saturated rings. The van der Waals surface area contributed by atoms with Gasteiger partial charge in [-0.05, 0) is 59.5 Å². The first-order valence-electron chi connectivity index (χ1n) is 14.8. The second kappa shape index (κ2) is 12.8. The molecule has 5 aromatic rings. The SMILES string of the molecule is CC1Cc2cc(/C(O)=C3\C(=O)C(=O)N(c4nnc(SCc5ccccc5)s4)C3c3ccc(OCc4ccccc4)cc3)ccc2O1. The number of hydrogen-bond donors (Lipinski definition) is 1. The van der Waals surface area contributed by atoms with Crippen LogP contribution in [0, 0.1) is 0 Å². The minimum absolute atomic E-state index is 0.0106. The van der Waals surface area contributed by atoms with E-state index in [-0.39, 0.29) is 22.6 Å². The van der Waals surface area contributed by atoms with E-state index < -0.39 is 17.7 Å². The molecule has 2 unspecified atom stereocenters. The Hall–Kier alpha value is -4.93. The number of nitrogens with zero attached hydrogens (tertiary/aromatic N) is 3. The maximum Gasteiger partial charge on any atom is 0.301 e. The average molecular weight is 648 g/mol.